The largest absolute Gasteiger partial charge is 0.493 e. The second kappa shape index (κ2) is 12.8. The molecule has 182 valence electrons. The third kappa shape index (κ3) is 7.01. The second-order valence-corrected chi connectivity index (χ2v) is 8.56. The molecule has 2 aromatic carbocycles. The van der Waals surface area contributed by atoms with Gasteiger partial charge in [0.2, 0.25) is 0 Å². The molecular formula is C28H32BNO5. The number of carbonyl (C=O) groups is 2. The summed E-state index contributed by atoms with van der Waals surface area (Å²) in [6.07, 6.45) is 4.66. The number of nitrogens with zero attached hydrogens (tertiary/aromatic N) is 1. The summed E-state index contributed by atoms with van der Waals surface area (Å²) in [5.74, 6) is -0.250. The highest BCUT2D eigenvalue weighted by Gasteiger charge is 2.28. The lowest BCUT2D eigenvalue weighted by Gasteiger charge is -2.36. The molecule has 0 aliphatic carbocycles. The van der Waals surface area contributed by atoms with E-state index in [0.29, 0.717) is 24.3 Å². The molecule has 1 amide bonds. The lowest BCUT2D eigenvalue weighted by atomic mass is 9.85. The summed E-state index contributed by atoms with van der Waals surface area (Å²) in [6, 6.07) is 18.4. The van der Waals surface area contributed by atoms with Gasteiger partial charge in [-0.3, -0.25) is 9.59 Å². The summed E-state index contributed by atoms with van der Waals surface area (Å²) in [4.78, 5) is 26.0. The van der Waals surface area contributed by atoms with Crippen molar-refractivity contribution in [2.75, 3.05) is 6.61 Å². The van der Waals surface area contributed by atoms with Gasteiger partial charge >= 0.3 is 5.97 Å². The number of hydrogen-bond acceptors (Lipinski definition) is 4. The highest BCUT2D eigenvalue weighted by molar-refractivity contribution is 6.14. The van der Waals surface area contributed by atoms with E-state index in [0.717, 1.165) is 36.1 Å². The van der Waals surface area contributed by atoms with Crippen LogP contribution in [0.15, 0.2) is 71.3 Å². The molecule has 2 radical (unpaired) electrons. The maximum Gasteiger partial charge on any atom is 0.303 e. The average Bonchev–Trinajstić information content (AvgIpc) is 3.41. The predicted molar refractivity (Wildman–Crippen MR) is 137 cm³/mol. The molecule has 0 aliphatic heterocycles. The van der Waals surface area contributed by atoms with E-state index in [9.17, 15) is 9.59 Å². The summed E-state index contributed by atoms with van der Waals surface area (Å²) < 4.78 is 11.4. The molecule has 0 saturated heterocycles. The number of rotatable bonds is 13. The van der Waals surface area contributed by atoms with Crippen molar-refractivity contribution < 1.29 is 23.8 Å². The van der Waals surface area contributed by atoms with Crippen LogP contribution in [0, 0.1) is 0 Å². The summed E-state index contributed by atoms with van der Waals surface area (Å²) in [5.41, 5.74) is 2.18. The number of furan rings is 1. The molecule has 0 saturated carbocycles. The van der Waals surface area contributed by atoms with Gasteiger partial charge in [-0.15, -0.1) is 0 Å². The van der Waals surface area contributed by atoms with Gasteiger partial charge in [0, 0.05) is 35.1 Å². The molecule has 2 unspecified atom stereocenters. The Morgan fingerprint density at radius 2 is 1.77 bits per heavy atom. The highest BCUT2D eigenvalue weighted by Crippen LogP contribution is 2.31. The van der Waals surface area contributed by atoms with Gasteiger partial charge in [0.15, 0.2) is 0 Å². The number of para-hydroxylation sites is 1. The molecule has 2 atom stereocenters. The number of benzene rings is 2. The monoisotopic (exact) mass is 473 g/mol. The van der Waals surface area contributed by atoms with Crippen LogP contribution in [0.4, 0.5) is 0 Å². The minimum Gasteiger partial charge on any atom is -0.493 e. The molecule has 6 nitrogen and oxygen atoms in total. The maximum absolute atomic E-state index is 13.6. The molecule has 0 fully saturated rings. The number of carboxylic acids is 1. The normalized spacial score (nSPS) is 12.6. The van der Waals surface area contributed by atoms with E-state index in [1.165, 1.54) is 0 Å². The summed E-state index contributed by atoms with van der Waals surface area (Å²) in [6.45, 7) is 4.47. The summed E-state index contributed by atoms with van der Waals surface area (Å²) in [7, 11) is 6.69. The van der Waals surface area contributed by atoms with Crippen molar-refractivity contribution >= 4 is 19.7 Å². The van der Waals surface area contributed by atoms with Crippen LogP contribution in [0.2, 0.25) is 0 Å². The number of hydrogen-bond donors (Lipinski definition) is 1. The van der Waals surface area contributed by atoms with E-state index in [4.69, 9.17) is 22.1 Å². The first-order chi connectivity index (χ1) is 16.9. The Balaban J connectivity index is 1.74. The maximum atomic E-state index is 13.6. The predicted octanol–water partition coefficient (Wildman–Crippen LogP) is 6.08. The van der Waals surface area contributed by atoms with Crippen molar-refractivity contribution in [3.63, 3.8) is 0 Å². The van der Waals surface area contributed by atoms with Crippen molar-refractivity contribution in [1.82, 2.24) is 4.90 Å². The Kier molecular flexibility index (Phi) is 9.59. The summed E-state index contributed by atoms with van der Waals surface area (Å²) >= 11 is 0. The minimum atomic E-state index is -0.785. The number of aliphatic carboxylic acids is 1. The number of unbranched alkanes of at least 4 members (excludes halogenated alkanes) is 2. The average molecular weight is 473 g/mol. The van der Waals surface area contributed by atoms with E-state index in [2.05, 4.69) is 0 Å². The highest BCUT2D eigenvalue weighted by atomic mass is 16.5. The van der Waals surface area contributed by atoms with Crippen molar-refractivity contribution in [2.45, 2.75) is 57.9 Å². The third-order valence-electron chi connectivity index (χ3n) is 6.07. The molecule has 1 aromatic heterocycles. The van der Waals surface area contributed by atoms with Crippen LogP contribution in [0.5, 0.6) is 5.75 Å². The van der Waals surface area contributed by atoms with Crippen LogP contribution in [0.25, 0.3) is 11.3 Å². The molecule has 3 rings (SSSR count). The molecule has 0 bridgehead atoms. The number of ether oxygens (including phenoxy) is 1. The quantitative estimate of drug-likeness (QED) is 0.241. The fourth-order valence-corrected chi connectivity index (χ4v) is 3.91. The Morgan fingerprint density at radius 1 is 1.03 bits per heavy atom. The van der Waals surface area contributed by atoms with Gasteiger partial charge in [-0.05, 0) is 62.9 Å². The molecule has 0 spiro atoms. The van der Waals surface area contributed by atoms with Crippen LogP contribution in [0.1, 0.15) is 67.8 Å². The van der Waals surface area contributed by atoms with Gasteiger partial charge in [0.1, 0.15) is 19.4 Å². The standard InChI is InChI=1S/C28H32BNO5/c1-3-20(2)30(28(33)22-16-14-21(15-17-22)24-12-9-19-34-24)27(29)23-10-6-7-11-25(23)35-18-8-4-5-13-26(31)32/h6-7,9-12,14-17,19-20,27H,3-5,8,13,18H2,1-2H3,(H,31,32). The molecular weight excluding hydrogens is 441 g/mol. The van der Waals surface area contributed by atoms with Gasteiger partial charge in [0.25, 0.3) is 5.91 Å². The first-order valence-electron chi connectivity index (χ1n) is 12.1. The Bertz CT molecular complexity index is 1080. The van der Waals surface area contributed by atoms with Crippen molar-refractivity contribution in [3.8, 4) is 17.1 Å². The Morgan fingerprint density at radius 3 is 2.43 bits per heavy atom. The van der Waals surface area contributed by atoms with Gasteiger partial charge < -0.3 is 19.2 Å². The van der Waals surface area contributed by atoms with Crippen LogP contribution in [-0.4, -0.2) is 42.4 Å². The molecule has 7 heteroatoms. The van der Waals surface area contributed by atoms with Crippen LogP contribution < -0.4 is 4.74 Å². The van der Waals surface area contributed by atoms with E-state index >= 15 is 0 Å². The van der Waals surface area contributed by atoms with E-state index in [1.807, 2.05) is 62.4 Å². The fourth-order valence-electron chi connectivity index (χ4n) is 3.91. The van der Waals surface area contributed by atoms with Crippen molar-refractivity contribution in [1.29, 1.82) is 0 Å². The van der Waals surface area contributed by atoms with Gasteiger partial charge in [0.05, 0.1) is 12.9 Å². The number of amides is 1. The van der Waals surface area contributed by atoms with E-state index in [1.54, 1.807) is 23.3 Å². The van der Waals surface area contributed by atoms with Crippen molar-refractivity contribution in [3.05, 3.63) is 78.1 Å². The SMILES string of the molecule is [B]C(c1ccccc1OCCCCCC(=O)O)N(C(=O)c1ccc(-c2ccco2)cc1)C(C)CC. The Labute approximate surface area is 208 Å². The molecule has 1 N–H and O–H groups in total. The zero-order valence-corrected chi connectivity index (χ0v) is 20.4. The number of carboxylic acid groups (broad SMARTS) is 1. The van der Waals surface area contributed by atoms with E-state index < -0.39 is 11.9 Å². The Hall–Kier alpha value is -3.48. The molecule has 0 aliphatic rings. The zero-order valence-electron chi connectivity index (χ0n) is 20.4. The minimum absolute atomic E-state index is 0.0914. The zero-order chi connectivity index (χ0) is 25.2. The molecule has 1 heterocycles. The van der Waals surface area contributed by atoms with Gasteiger partial charge in [-0.2, -0.15) is 0 Å². The van der Waals surface area contributed by atoms with Gasteiger partial charge in [-0.1, -0.05) is 37.3 Å². The lowest BCUT2D eigenvalue weighted by Crippen LogP contribution is -2.41. The smallest absolute Gasteiger partial charge is 0.303 e. The fraction of sp³-hybridized carbons (Fsp3) is 0.357. The van der Waals surface area contributed by atoms with E-state index in [-0.39, 0.29) is 18.4 Å². The van der Waals surface area contributed by atoms with Crippen LogP contribution in [-0.2, 0) is 4.79 Å². The van der Waals surface area contributed by atoms with Gasteiger partial charge in [-0.25, -0.2) is 0 Å². The second-order valence-electron chi connectivity index (χ2n) is 8.56. The third-order valence-corrected chi connectivity index (χ3v) is 6.07. The molecule has 3 aromatic rings. The van der Waals surface area contributed by atoms with Crippen LogP contribution in [0.3, 0.4) is 0 Å². The lowest BCUT2D eigenvalue weighted by molar-refractivity contribution is -0.137. The van der Waals surface area contributed by atoms with Crippen molar-refractivity contribution in [2.24, 2.45) is 0 Å². The van der Waals surface area contributed by atoms with Crippen LogP contribution >= 0.6 is 0 Å². The number of carbonyl (C=O) groups excluding carboxylic acids is 1. The first kappa shape index (κ1) is 26.1. The first-order valence-corrected chi connectivity index (χ1v) is 12.1. The topological polar surface area (TPSA) is 80.0 Å². The molecule has 35 heavy (non-hydrogen) atoms. The summed E-state index contributed by atoms with van der Waals surface area (Å²) in [5, 5.41) is 8.76.